The monoisotopic (exact) mass is 453 g/mol. The Morgan fingerprint density at radius 1 is 1.03 bits per heavy atom. The number of rotatable bonds is 6. The first-order valence-electron chi connectivity index (χ1n) is 9.28. The molecule has 0 saturated carbocycles. The second-order valence-corrected chi connectivity index (χ2v) is 9.22. The van der Waals surface area contributed by atoms with Gasteiger partial charge in [-0.1, -0.05) is 17.7 Å². The fraction of sp³-hybridized carbons (Fsp3) is 0.350. The molecule has 1 fully saturated rings. The normalized spacial score (nSPS) is 15.6. The number of nitrogens with zero attached hydrogens (tertiary/aromatic N) is 2. The van der Waals surface area contributed by atoms with Crippen LogP contribution in [0.5, 0.6) is 11.5 Å². The van der Waals surface area contributed by atoms with E-state index in [4.69, 9.17) is 21.1 Å². The summed E-state index contributed by atoms with van der Waals surface area (Å²) in [5.74, 6) is 0.294. The van der Waals surface area contributed by atoms with Crippen molar-refractivity contribution in [2.24, 2.45) is 0 Å². The minimum absolute atomic E-state index is 0.0828. The van der Waals surface area contributed by atoms with E-state index in [0.717, 1.165) is 0 Å². The predicted octanol–water partition coefficient (Wildman–Crippen LogP) is 2.55. The molecule has 0 aromatic heterocycles. The van der Waals surface area contributed by atoms with Gasteiger partial charge in [-0.05, 0) is 31.3 Å². The third-order valence-electron chi connectivity index (χ3n) is 4.92. The summed E-state index contributed by atoms with van der Waals surface area (Å²) in [6.07, 6.45) is 0. The largest absolute Gasteiger partial charge is 0.495 e. The van der Waals surface area contributed by atoms with Crippen LogP contribution in [0.3, 0.4) is 0 Å². The van der Waals surface area contributed by atoms with E-state index in [-0.39, 0.29) is 10.5 Å². The molecule has 3 rings (SSSR count). The summed E-state index contributed by atoms with van der Waals surface area (Å²) >= 11 is 6.15. The summed E-state index contributed by atoms with van der Waals surface area (Å²) in [6, 6.07) is 9.05. The van der Waals surface area contributed by atoms with Crippen molar-refractivity contribution in [1.29, 1.82) is 0 Å². The third-order valence-corrected chi connectivity index (χ3v) is 7.11. The maximum absolute atomic E-state index is 13.0. The summed E-state index contributed by atoms with van der Waals surface area (Å²) in [6.45, 7) is 2.16. The first-order chi connectivity index (χ1) is 14.3. The van der Waals surface area contributed by atoms with Gasteiger partial charge >= 0.3 is 0 Å². The maximum atomic E-state index is 13.0. The Kier molecular flexibility index (Phi) is 6.87. The average Bonchev–Trinajstić information content (AvgIpc) is 2.74. The van der Waals surface area contributed by atoms with E-state index in [2.05, 4.69) is 10.2 Å². The molecule has 10 heteroatoms. The maximum Gasteiger partial charge on any atom is 0.255 e. The highest BCUT2D eigenvalue weighted by Gasteiger charge is 2.28. The fourth-order valence-electron chi connectivity index (χ4n) is 3.13. The van der Waals surface area contributed by atoms with Crippen LogP contribution in [0.4, 0.5) is 5.69 Å². The lowest BCUT2D eigenvalue weighted by atomic mass is 10.2. The van der Waals surface area contributed by atoms with Crippen molar-refractivity contribution in [1.82, 2.24) is 9.21 Å². The zero-order valence-electron chi connectivity index (χ0n) is 17.0. The number of hydrogen-bond donors (Lipinski definition) is 1. The standard InChI is InChI=1S/C20H24ClN3O5S/c1-23-7-9-24(10-8-23)30(26,27)15-6-4-5-14(11-15)20(25)22-17-12-16(21)18(28-2)13-19(17)29-3/h4-6,11-13H,7-10H2,1-3H3,(H,22,25). The number of hydrogen-bond acceptors (Lipinski definition) is 6. The molecule has 2 aromatic rings. The van der Waals surface area contributed by atoms with Crippen molar-refractivity contribution in [3.05, 3.63) is 47.0 Å². The van der Waals surface area contributed by atoms with Crippen LogP contribution in [0.2, 0.25) is 5.02 Å². The number of amides is 1. The lowest BCUT2D eigenvalue weighted by molar-refractivity contribution is 0.102. The first kappa shape index (κ1) is 22.4. The van der Waals surface area contributed by atoms with E-state index in [1.54, 1.807) is 18.2 Å². The minimum Gasteiger partial charge on any atom is -0.495 e. The summed E-state index contributed by atoms with van der Waals surface area (Å²) < 4.78 is 37.8. The van der Waals surface area contributed by atoms with Gasteiger partial charge in [-0.15, -0.1) is 0 Å². The third kappa shape index (κ3) is 4.70. The Morgan fingerprint density at radius 2 is 1.70 bits per heavy atom. The molecule has 1 saturated heterocycles. The molecule has 1 heterocycles. The lowest BCUT2D eigenvalue weighted by Crippen LogP contribution is -2.47. The van der Waals surface area contributed by atoms with Gasteiger partial charge in [-0.25, -0.2) is 8.42 Å². The van der Waals surface area contributed by atoms with Crippen LogP contribution in [-0.4, -0.2) is 71.0 Å². The predicted molar refractivity (Wildman–Crippen MR) is 115 cm³/mol. The van der Waals surface area contributed by atoms with Crippen molar-refractivity contribution < 1.29 is 22.7 Å². The van der Waals surface area contributed by atoms with Gasteiger partial charge in [0.1, 0.15) is 11.5 Å². The summed E-state index contributed by atoms with van der Waals surface area (Å²) in [5, 5.41) is 3.02. The van der Waals surface area contributed by atoms with E-state index >= 15 is 0 Å². The van der Waals surface area contributed by atoms with Crippen LogP contribution in [0, 0.1) is 0 Å². The van der Waals surface area contributed by atoms with Crippen LogP contribution in [0.1, 0.15) is 10.4 Å². The number of ether oxygens (including phenoxy) is 2. The van der Waals surface area contributed by atoms with Crippen LogP contribution in [0.25, 0.3) is 0 Å². The number of halogens is 1. The molecule has 0 atom stereocenters. The molecule has 0 unspecified atom stereocenters. The number of likely N-dealkylation sites (N-methyl/N-ethyl adjacent to an activating group) is 1. The first-order valence-corrected chi connectivity index (χ1v) is 11.1. The van der Waals surface area contributed by atoms with Crippen molar-refractivity contribution in [2.45, 2.75) is 4.90 Å². The molecule has 2 aromatic carbocycles. The lowest BCUT2D eigenvalue weighted by Gasteiger charge is -2.31. The molecule has 1 aliphatic rings. The molecular weight excluding hydrogens is 430 g/mol. The summed E-state index contributed by atoms with van der Waals surface area (Å²) in [4.78, 5) is 14.9. The molecule has 0 aliphatic carbocycles. The Hall–Kier alpha value is -2.33. The molecule has 0 bridgehead atoms. The molecular formula is C20H24ClN3O5S. The van der Waals surface area contributed by atoms with Gasteiger partial charge in [-0.2, -0.15) is 4.31 Å². The number of nitrogens with one attached hydrogen (secondary N) is 1. The van der Waals surface area contributed by atoms with E-state index in [0.29, 0.717) is 48.4 Å². The topological polar surface area (TPSA) is 88.2 Å². The molecule has 1 N–H and O–H groups in total. The number of carbonyl (C=O) groups excluding carboxylic acids is 1. The van der Waals surface area contributed by atoms with Crippen LogP contribution >= 0.6 is 11.6 Å². The van der Waals surface area contributed by atoms with Gasteiger partial charge in [0.05, 0.1) is 29.8 Å². The van der Waals surface area contributed by atoms with Gasteiger partial charge in [0.2, 0.25) is 10.0 Å². The second kappa shape index (κ2) is 9.22. The Bertz CT molecular complexity index is 1040. The second-order valence-electron chi connectivity index (χ2n) is 6.88. The highest BCUT2D eigenvalue weighted by Crippen LogP contribution is 2.36. The van der Waals surface area contributed by atoms with Crippen LogP contribution in [-0.2, 0) is 10.0 Å². The minimum atomic E-state index is -3.68. The number of methoxy groups -OCH3 is 2. The number of sulfonamides is 1. The molecule has 162 valence electrons. The number of anilines is 1. The zero-order chi connectivity index (χ0) is 21.9. The van der Waals surface area contributed by atoms with E-state index in [9.17, 15) is 13.2 Å². The van der Waals surface area contributed by atoms with Gasteiger partial charge in [0, 0.05) is 37.8 Å². The molecule has 1 amide bonds. The van der Waals surface area contributed by atoms with Gasteiger partial charge in [0.25, 0.3) is 5.91 Å². The Balaban J connectivity index is 1.84. The number of benzene rings is 2. The van der Waals surface area contributed by atoms with Crippen molar-refractivity contribution in [2.75, 3.05) is 52.8 Å². The van der Waals surface area contributed by atoms with Crippen molar-refractivity contribution >= 4 is 33.2 Å². The average molecular weight is 454 g/mol. The van der Waals surface area contributed by atoms with E-state index in [1.165, 1.54) is 36.7 Å². The van der Waals surface area contributed by atoms with Crippen molar-refractivity contribution in [3.63, 3.8) is 0 Å². The SMILES string of the molecule is COc1cc(OC)c(NC(=O)c2cccc(S(=O)(=O)N3CCN(C)CC3)c2)cc1Cl. The summed E-state index contributed by atoms with van der Waals surface area (Å²) in [5.41, 5.74) is 0.555. The molecule has 0 spiro atoms. The molecule has 1 aliphatic heterocycles. The van der Waals surface area contributed by atoms with E-state index in [1.807, 2.05) is 7.05 Å². The van der Waals surface area contributed by atoms with E-state index < -0.39 is 15.9 Å². The van der Waals surface area contributed by atoms with Gasteiger partial charge in [0.15, 0.2) is 0 Å². The smallest absolute Gasteiger partial charge is 0.255 e. The van der Waals surface area contributed by atoms with Gasteiger partial charge < -0.3 is 19.7 Å². The van der Waals surface area contributed by atoms with Crippen LogP contribution < -0.4 is 14.8 Å². The summed E-state index contributed by atoms with van der Waals surface area (Å²) in [7, 11) is 1.21. The Morgan fingerprint density at radius 3 is 2.33 bits per heavy atom. The van der Waals surface area contributed by atoms with Gasteiger partial charge in [-0.3, -0.25) is 4.79 Å². The highest BCUT2D eigenvalue weighted by molar-refractivity contribution is 7.89. The Labute approximate surface area is 181 Å². The fourth-order valence-corrected chi connectivity index (χ4v) is 4.84. The number of carbonyl (C=O) groups is 1. The number of piperazine rings is 1. The zero-order valence-corrected chi connectivity index (χ0v) is 18.6. The molecule has 30 heavy (non-hydrogen) atoms. The van der Waals surface area contributed by atoms with Crippen LogP contribution in [0.15, 0.2) is 41.3 Å². The quantitative estimate of drug-likeness (QED) is 0.723. The highest BCUT2D eigenvalue weighted by atomic mass is 35.5. The molecule has 0 radical (unpaired) electrons. The van der Waals surface area contributed by atoms with Crippen molar-refractivity contribution in [3.8, 4) is 11.5 Å². The molecule has 8 nitrogen and oxygen atoms in total.